The number of nitrogens with one attached hydrogen (secondary N) is 1. The molecule has 3 nitrogen and oxygen atoms in total. The highest BCUT2D eigenvalue weighted by atomic mass is 35.5. The molecule has 112 valence electrons. The molecule has 2 aromatic rings. The topological polar surface area (TPSA) is 41.5 Å². The first-order valence-corrected chi connectivity index (χ1v) is 7.32. The average molecular weight is 306 g/mol. The van der Waals surface area contributed by atoms with Crippen LogP contribution in [0.2, 0.25) is 5.02 Å². The Kier molecular flexibility index (Phi) is 6.05. The van der Waals surface area contributed by atoms with E-state index in [0.717, 1.165) is 11.3 Å². The number of aliphatic hydroxyl groups is 1. The van der Waals surface area contributed by atoms with Gasteiger partial charge in [0, 0.05) is 17.3 Å². The molecular formula is C17H20ClNO2. The van der Waals surface area contributed by atoms with Gasteiger partial charge in [-0.3, -0.25) is 0 Å². The third kappa shape index (κ3) is 5.76. The number of hydrogen-bond acceptors (Lipinski definition) is 3. The van der Waals surface area contributed by atoms with Crippen LogP contribution in [0.25, 0.3) is 0 Å². The third-order valence-corrected chi connectivity index (χ3v) is 3.34. The van der Waals surface area contributed by atoms with Gasteiger partial charge in [0.2, 0.25) is 0 Å². The highest BCUT2D eigenvalue weighted by Crippen LogP contribution is 2.11. The molecule has 4 heteroatoms. The van der Waals surface area contributed by atoms with Crippen molar-refractivity contribution in [2.45, 2.75) is 19.6 Å². The van der Waals surface area contributed by atoms with Crippen molar-refractivity contribution < 1.29 is 9.84 Å². The maximum absolute atomic E-state index is 9.88. The molecule has 0 aliphatic rings. The Morgan fingerprint density at radius 3 is 2.43 bits per heavy atom. The molecule has 0 bridgehead atoms. The lowest BCUT2D eigenvalue weighted by molar-refractivity contribution is 0.0348. The van der Waals surface area contributed by atoms with Crippen LogP contribution < -0.4 is 5.32 Å². The fourth-order valence-electron chi connectivity index (χ4n) is 1.86. The van der Waals surface area contributed by atoms with Crippen molar-refractivity contribution >= 4 is 17.3 Å². The van der Waals surface area contributed by atoms with E-state index in [2.05, 4.69) is 5.32 Å². The first kappa shape index (κ1) is 15.8. The Labute approximate surface area is 130 Å². The van der Waals surface area contributed by atoms with Crippen molar-refractivity contribution in [2.24, 2.45) is 0 Å². The molecule has 0 radical (unpaired) electrons. The molecule has 0 aliphatic heterocycles. The average Bonchev–Trinajstić information content (AvgIpc) is 2.49. The molecule has 0 amide bonds. The smallest absolute Gasteiger partial charge is 0.0945 e. The summed E-state index contributed by atoms with van der Waals surface area (Å²) >= 11 is 5.82. The van der Waals surface area contributed by atoms with Gasteiger partial charge in [0.25, 0.3) is 0 Å². The van der Waals surface area contributed by atoms with Crippen LogP contribution >= 0.6 is 11.6 Å². The van der Waals surface area contributed by atoms with E-state index < -0.39 is 6.10 Å². The molecule has 0 fully saturated rings. The summed E-state index contributed by atoms with van der Waals surface area (Å²) in [5.41, 5.74) is 3.25. The number of aryl methyl sites for hydroxylation is 1. The summed E-state index contributed by atoms with van der Waals surface area (Å²) in [5, 5.41) is 13.8. The molecule has 1 unspecified atom stereocenters. The van der Waals surface area contributed by atoms with Crippen molar-refractivity contribution in [1.29, 1.82) is 0 Å². The fraction of sp³-hybridized carbons (Fsp3) is 0.294. The second kappa shape index (κ2) is 8.03. The van der Waals surface area contributed by atoms with E-state index >= 15 is 0 Å². The van der Waals surface area contributed by atoms with Gasteiger partial charge in [-0.2, -0.15) is 0 Å². The van der Waals surface area contributed by atoms with E-state index in [-0.39, 0.29) is 0 Å². The van der Waals surface area contributed by atoms with Gasteiger partial charge in [-0.1, -0.05) is 41.4 Å². The minimum absolute atomic E-state index is 0.293. The molecule has 2 rings (SSSR count). The minimum Gasteiger partial charge on any atom is -0.389 e. The predicted molar refractivity (Wildman–Crippen MR) is 86.8 cm³/mol. The van der Waals surface area contributed by atoms with Crippen molar-refractivity contribution in [3.05, 3.63) is 64.7 Å². The lowest BCUT2D eigenvalue weighted by Gasteiger charge is -2.13. The maximum Gasteiger partial charge on any atom is 0.0945 e. The molecule has 0 heterocycles. The van der Waals surface area contributed by atoms with Gasteiger partial charge in [0.05, 0.1) is 19.3 Å². The monoisotopic (exact) mass is 305 g/mol. The second-order valence-electron chi connectivity index (χ2n) is 5.04. The highest BCUT2D eigenvalue weighted by molar-refractivity contribution is 6.30. The lowest BCUT2D eigenvalue weighted by Crippen LogP contribution is -2.24. The quantitative estimate of drug-likeness (QED) is 0.820. The predicted octanol–water partition coefficient (Wildman–Crippen LogP) is 3.64. The third-order valence-electron chi connectivity index (χ3n) is 3.09. The Morgan fingerprint density at radius 1 is 1.10 bits per heavy atom. The summed E-state index contributed by atoms with van der Waals surface area (Å²) in [5.74, 6) is 0. The van der Waals surface area contributed by atoms with Crippen molar-refractivity contribution in [1.82, 2.24) is 0 Å². The Morgan fingerprint density at radius 2 is 1.76 bits per heavy atom. The number of benzene rings is 2. The van der Waals surface area contributed by atoms with E-state index in [1.807, 2.05) is 55.5 Å². The standard InChI is InChI=1S/C17H20ClNO2/c1-13-2-8-16(9-3-13)19-10-17(20)12-21-11-14-4-6-15(18)7-5-14/h2-9,17,19-20H,10-12H2,1H3. The van der Waals surface area contributed by atoms with E-state index in [4.69, 9.17) is 16.3 Å². The Balaban J connectivity index is 1.66. The number of aliphatic hydroxyl groups excluding tert-OH is 1. The molecule has 2 N–H and O–H groups in total. The van der Waals surface area contributed by atoms with Crippen LogP contribution in [-0.4, -0.2) is 24.4 Å². The summed E-state index contributed by atoms with van der Waals surface area (Å²) in [6.45, 7) is 3.27. The van der Waals surface area contributed by atoms with Crippen LogP contribution in [-0.2, 0) is 11.3 Å². The molecule has 21 heavy (non-hydrogen) atoms. The second-order valence-corrected chi connectivity index (χ2v) is 5.48. The van der Waals surface area contributed by atoms with Gasteiger partial charge in [-0.25, -0.2) is 0 Å². The number of hydrogen-bond donors (Lipinski definition) is 2. The van der Waals surface area contributed by atoms with E-state index in [1.54, 1.807) is 0 Å². The van der Waals surface area contributed by atoms with E-state index in [1.165, 1.54) is 5.56 Å². The molecule has 0 aliphatic carbocycles. The van der Waals surface area contributed by atoms with E-state index in [9.17, 15) is 5.11 Å². The van der Waals surface area contributed by atoms with Crippen LogP contribution in [0.5, 0.6) is 0 Å². The zero-order chi connectivity index (χ0) is 15.1. The summed E-state index contributed by atoms with van der Waals surface area (Å²) < 4.78 is 5.50. The van der Waals surface area contributed by atoms with Gasteiger partial charge in [-0.05, 0) is 36.8 Å². The van der Waals surface area contributed by atoms with Crippen LogP contribution in [0.15, 0.2) is 48.5 Å². The van der Waals surface area contributed by atoms with Gasteiger partial charge in [0.1, 0.15) is 0 Å². The Bertz CT molecular complexity index is 540. The fourth-order valence-corrected chi connectivity index (χ4v) is 1.99. The normalized spacial score (nSPS) is 12.1. The molecule has 1 atom stereocenters. The first-order valence-electron chi connectivity index (χ1n) is 6.94. The molecule has 0 saturated heterocycles. The first-order chi connectivity index (χ1) is 10.1. The van der Waals surface area contributed by atoms with Gasteiger partial charge >= 0.3 is 0 Å². The maximum atomic E-state index is 9.88. The summed E-state index contributed by atoms with van der Waals surface area (Å²) in [6.07, 6.45) is -0.543. The van der Waals surface area contributed by atoms with Gasteiger partial charge in [-0.15, -0.1) is 0 Å². The van der Waals surface area contributed by atoms with Gasteiger partial charge < -0.3 is 15.2 Å². The highest BCUT2D eigenvalue weighted by Gasteiger charge is 2.04. The van der Waals surface area contributed by atoms with Gasteiger partial charge in [0.15, 0.2) is 0 Å². The lowest BCUT2D eigenvalue weighted by atomic mass is 10.2. The van der Waals surface area contributed by atoms with Crippen molar-refractivity contribution in [3.63, 3.8) is 0 Å². The van der Waals surface area contributed by atoms with Crippen LogP contribution in [0.1, 0.15) is 11.1 Å². The number of ether oxygens (including phenoxy) is 1. The molecule has 0 spiro atoms. The molecule has 0 aromatic heterocycles. The number of anilines is 1. The van der Waals surface area contributed by atoms with Crippen molar-refractivity contribution in [2.75, 3.05) is 18.5 Å². The number of rotatable bonds is 7. The van der Waals surface area contributed by atoms with Crippen LogP contribution in [0.4, 0.5) is 5.69 Å². The molecule has 0 saturated carbocycles. The zero-order valence-corrected chi connectivity index (χ0v) is 12.8. The van der Waals surface area contributed by atoms with E-state index in [0.29, 0.717) is 24.8 Å². The number of halogens is 1. The largest absolute Gasteiger partial charge is 0.389 e. The molecular weight excluding hydrogens is 286 g/mol. The summed E-state index contributed by atoms with van der Waals surface area (Å²) in [4.78, 5) is 0. The van der Waals surface area contributed by atoms with Crippen molar-refractivity contribution in [3.8, 4) is 0 Å². The Hall–Kier alpha value is -1.55. The zero-order valence-electron chi connectivity index (χ0n) is 12.1. The van der Waals surface area contributed by atoms with Crippen LogP contribution in [0.3, 0.4) is 0 Å². The summed E-state index contributed by atoms with van der Waals surface area (Å²) in [6, 6.07) is 15.6. The molecule has 2 aromatic carbocycles. The SMILES string of the molecule is Cc1ccc(NCC(O)COCc2ccc(Cl)cc2)cc1. The van der Waals surface area contributed by atoms with Crippen LogP contribution in [0, 0.1) is 6.92 Å². The minimum atomic E-state index is -0.543. The summed E-state index contributed by atoms with van der Waals surface area (Å²) in [7, 11) is 0.